The van der Waals surface area contributed by atoms with Crippen LogP contribution in [-0.2, 0) is 5.41 Å². The third-order valence-corrected chi connectivity index (χ3v) is 4.78. The van der Waals surface area contributed by atoms with Gasteiger partial charge in [-0.1, -0.05) is 13.0 Å². The first-order chi connectivity index (χ1) is 9.66. The van der Waals surface area contributed by atoms with Crippen LogP contribution in [0.1, 0.15) is 38.2 Å². The average molecular weight is 275 g/mol. The van der Waals surface area contributed by atoms with Gasteiger partial charge in [-0.25, -0.2) is 0 Å². The van der Waals surface area contributed by atoms with Crippen molar-refractivity contribution in [2.75, 3.05) is 20.8 Å². The number of hydrogen-bond acceptors (Lipinski definition) is 3. The summed E-state index contributed by atoms with van der Waals surface area (Å²) in [6, 6.07) is 7.18. The topological polar surface area (TPSA) is 30.5 Å². The predicted molar refractivity (Wildman–Crippen MR) is 80.6 cm³/mol. The normalized spacial score (nSPS) is 28.9. The van der Waals surface area contributed by atoms with Crippen LogP contribution in [0.25, 0.3) is 0 Å². The third-order valence-electron chi connectivity index (χ3n) is 4.78. The number of methoxy groups -OCH3 is 2. The van der Waals surface area contributed by atoms with Crippen molar-refractivity contribution in [3.8, 4) is 11.5 Å². The quantitative estimate of drug-likeness (QED) is 0.865. The zero-order valence-corrected chi connectivity index (χ0v) is 12.7. The van der Waals surface area contributed by atoms with E-state index < -0.39 is 0 Å². The second-order valence-electron chi connectivity index (χ2n) is 6.52. The van der Waals surface area contributed by atoms with E-state index in [1.165, 1.54) is 31.2 Å². The molecule has 3 heteroatoms. The molecule has 0 bridgehead atoms. The lowest BCUT2D eigenvalue weighted by molar-refractivity contribution is 0.151. The molecule has 0 heterocycles. The molecule has 3 rings (SSSR count). The highest BCUT2D eigenvalue weighted by Gasteiger charge is 2.44. The average Bonchev–Trinajstić information content (AvgIpc) is 3.25. The molecule has 0 saturated heterocycles. The van der Waals surface area contributed by atoms with Crippen LogP contribution >= 0.6 is 0 Å². The molecule has 0 unspecified atom stereocenters. The first-order valence-electron chi connectivity index (χ1n) is 7.63. The summed E-state index contributed by atoms with van der Waals surface area (Å²) in [5.74, 6) is 2.48. The van der Waals surface area contributed by atoms with Crippen molar-refractivity contribution in [2.45, 2.75) is 44.1 Å². The lowest BCUT2D eigenvalue weighted by Crippen LogP contribution is -2.48. The molecule has 3 nitrogen and oxygen atoms in total. The molecule has 0 spiro atoms. The van der Waals surface area contributed by atoms with Gasteiger partial charge in [0.05, 0.1) is 14.2 Å². The number of hydrogen-bond donors (Lipinski definition) is 1. The summed E-state index contributed by atoms with van der Waals surface area (Å²) >= 11 is 0. The molecular formula is C17H25NO2. The number of rotatable bonds is 6. The molecule has 110 valence electrons. The highest BCUT2D eigenvalue weighted by Crippen LogP contribution is 2.49. The Hall–Kier alpha value is -1.22. The van der Waals surface area contributed by atoms with Crippen molar-refractivity contribution in [3.05, 3.63) is 23.8 Å². The van der Waals surface area contributed by atoms with E-state index in [2.05, 4.69) is 24.4 Å². The summed E-state index contributed by atoms with van der Waals surface area (Å²) in [5.41, 5.74) is 1.68. The number of benzene rings is 1. The second kappa shape index (κ2) is 5.28. The van der Waals surface area contributed by atoms with E-state index in [9.17, 15) is 0 Å². The van der Waals surface area contributed by atoms with Gasteiger partial charge >= 0.3 is 0 Å². The Labute approximate surface area is 121 Å². The molecule has 2 saturated carbocycles. The van der Waals surface area contributed by atoms with Crippen LogP contribution in [-0.4, -0.2) is 26.8 Å². The van der Waals surface area contributed by atoms with Gasteiger partial charge < -0.3 is 14.8 Å². The molecule has 0 radical (unpaired) electrons. The van der Waals surface area contributed by atoms with E-state index in [0.29, 0.717) is 5.41 Å². The summed E-state index contributed by atoms with van der Waals surface area (Å²) in [4.78, 5) is 0. The Morgan fingerprint density at radius 3 is 2.40 bits per heavy atom. The van der Waals surface area contributed by atoms with Gasteiger partial charge in [-0.3, -0.25) is 0 Å². The fourth-order valence-electron chi connectivity index (χ4n) is 3.55. The lowest BCUT2D eigenvalue weighted by atomic mass is 9.59. The van der Waals surface area contributed by atoms with Crippen LogP contribution in [0.2, 0.25) is 0 Å². The van der Waals surface area contributed by atoms with Crippen molar-refractivity contribution < 1.29 is 9.47 Å². The van der Waals surface area contributed by atoms with Gasteiger partial charge in [0.2, 0.25) is 0 Å². The maximum absolute atomic E-state index is 5.46. The molecule has 1 N–H and O–H groups in total. The fourth-order valence-corrected chi connectivity index (χ4v) is 3.55. The minimum absolute atomic E-state index is 0.293. The van der Waals surface area contributed by atoms with E-state index in [1.807, 2.05) is 6.07 Å². The van der Waals surface area contributed by atoms with Gasteiger partial charge in [-0.2, -0.15) is 0 Å². The molecule has 20 heavy (non-hydrogen) atoms. The van der Waals surface area contributed by atoms with Gasteiger partial charge in [0.25, 0.3) is 0 Å². The summed E-state index contributed by atoms with van der Waals surface area (Å²) in [5, 5.41) is 3.71. The maximum atomic E-state index is 5.46. The minimum Gasteiger partial charge on any atom is -0.493 e. The zero-order chi connectivity index (χ0) is 14.2. The number of nitrogens with one attached hydrogen (secondary N) is 1. The van der Waals surface area contributed by atoms with Crippen LogP contribution in [0.15, 0.2) is 18.2 Å². The van der Waals surface area contributed by atoms with E-state index >= 15 is 0 Å². The van der Waals surface area contributed by atoms with Crippen molar-refractivity contribution in [1.29, 1.82) is 0 Å². The van der Waals surface area contributed by atoms with Gasteiger partial charge in [0.1, 0.15) is 0 Å². The maximum Gasteiger partial charge on any atom is 0.161 e. The van der Waals surface area contributed by atoms with E-state index in [-0.39, 0.29) is 0 Å². The minimum atomic E-state index is 0.293. The Kier molecular flexibility index (Phi) is 3.63. The van der Waals surface area contributed by atoms with Gasteiger partial charge in [-0.15, -0.1) is 0 Å². The zero-order valence-electron chi connectivity index (χ0n) is 12.7. The summed E-state index contributed by atoms with van der Waals surface area (Å²) in [6.07, 6.45) is 5.22. The van der Waals surface area contributed by atoms with Crippen molar-refractivity contribution in [1.82, 2.24) is 5.32 Å². The fraction of sp³-hybridized carbons (Fsp3) is 0.647. The van der Waals surface area contributed by atoms with Crippen LogP contribution in [0.5, 0.6) is 11.5 Å². The van der Waals surface area contributed by atoms with Gasteiger partial charge in [0.15, 0.2) is 11.5 Å². The van der Waals surface area contributed by atoms with Crippen molar-refractivity contribution in [3.63, 3.8) is 0 Å². The van der Waals surface area contributed by atoms with Crippen molar-refractivity contribution >= 4 is 0 Å². The molecule has 1 aromatic rings. The molecule has 1 aromatic carbocycles. The van der Waals surface area contributed by atoms with Gasteiger partial charge in [-0.05, 0) is 49.3 Å². The van der Waals surface area contributed by atoms with E-state index in [4.69, 9.17) is 9.47 Å². The first-order valence-corrected chi connectivity index (χ1v) is 7.63. The smallest absolute Gasteiger partial charge is 0.161 e. The summed E-state index contributed by atoms with van der Waals surface area (Å²) < 4.78 is 10.8. The molecular weight excluding hydrogens is 250 g/mol. The molecule has 0 aromatic heterocycles. The Morgan fingerprint density at radius 1 is 1.15 bits per heavy atom. The van der Waals surface area contributed by atoms with Crippen LogP contribution in [0.3, 0.4) is 0 Å². The standard InChI is InChI=1S/C17H25NO2/c1-12-9-17(10-12,11-18-14-5-6-14)13-4-7-15(19-2)16(8-13)20-3/h4,7-8,12,14,18H,5-6,9-11H2,1-3H3. The SMILES string of the molecule is COc1ccc(C2(CNC3CC3)CC(C)C2)cc1OC. The van der Waals surface area contributed by atoms with Gasteiger partial charge in [0, 0.05) is 18.0 Å². The number of ether oxygens (including phenoxy) is 2. The first kappa shape index (κ1) is 13.7. The molecule has 2 aliphatic carbocycles. The largest absolute Gasteiger partial charge is 0.493 e. The second-order valence-corrected chi connectivity index (χ2v) is 6.52. The Morgan fingerprint density at radius 2 is 1.85 bits per heavy atom. The lowest BCUT2D eigenvalue weighted by Gasteiger charge is -2.47. The monoisotopic (exact) mass is 275 g/mol. The molecule has 0 aliphatic heterocycles. The van der Waals surface area contributed by atoms with Crippen LogP contribution in [0, 0.1) is 5.92 Å². The van der Waals surface area contributed by atoms with Crippen LogP contribution < -0.4 is 14.8 Å². The molecule has 2 aliphatic rings. The van der Waals surface area contributed by atoms with E-state index in [1.54, 1.807) is 14.2 Å². The highest BCUT2D eigenvalue weighted by molar-refractivity contribution is 5.46. The molecule has 0 amide bonds. The van der Waals surface area contributed by atoms with Crippen molar-refractivity contribution in [2.24, 2.45) is 5.92 Å². The summed E-state index contributed by atoms with van der Waals surface area (Å²) in [7, 11) is 3.40. The third kappa shape index (κ3) is 2.51. The predicted octanol–water partition coefficient (Wildman–Crippen LogP) is 3.12. The Balaban J connectivity index is 1.82. The Bertz CT molecular complexity index is 476. The molecule has 0 atom stereocenters. The van der Waals surface area contributed by atoms with E-state index in [0.717, 1.165) is 30.0 Å². The summed E-state index contributed by atoms with van der Waals surface area (Å²) in [6.45, 7) is 3.44. The van der Waals surface area contributed by atoms with Crippen LogP contribution in [0.4, 0.5) is 0 Å². The highest BCUT2D eigenvalue weighted by atomic mass is 16.5. The molecule has 2 fully saturated rings.